The van der Waals surface area contributed by atoms with Crippen molar-refractivity contribution < 1.29 is 9.90 Å². The predicted molar refractivity (Wildman–Crippen MR) is 118 cm³/mol. The second-order valence-electron chi connectivity index (χ2n) is 6.88. The zero-order valence-corrected chi connectivity index (χ0v) is 16.0. The molecule has 0 heterocycles. The van der Waals surface area contributed by atoms with Crippen molar-refractivity contribution in [2.24, 2.45) is 5.10 Å². The van der Waals surface area contributed by atoms with Crippen molar-refractivity contribution in [2.75, 3.05) is 5.32 Å². The number of aromatic hydroxyl groups is 1. The standard InChI is InChI=1S/C24H21N3O2/c1-16(26-20-12-10-17-6-2-3-8-19(17)14-20)24(29)27-25-15-22-21-9-5-4-7-18(21)11-13-23(22)28/h2-16,26,28H,1H3,(H,27,29)/b25-15-/t16-/m0/s1. The Balaban J connectivity index is 1.44. The molecule has 4 aromatic rings. The first kappa shape index (κ1) is 18.5. The molecular weight excluding hydrogens is 362 g/mol. The van der Waals surface area contributed by atoms with E-state index in [0.29, 0.717) is 5.56 Å². The second-order valence-corrected chi connectivity index (χ2v) is 6.88. The summed E-state index contributed by atoms with van der Waals surface area (Å²) in [7, 11) is 0. The maximum atomic E-state index is 12.4. The van der Waals surface area contributed by atoms with Crippen LogP contribution in [0.4, 0.5) is 5.69 Å². The summed E-state index contributed by atoms with van der Waals surface area (Å²) in [5, 5.41) is 21.5. The number of benzene rings is 4. The van der Waals surface area contributed by atoms with E-state index in [2.05, 4.69) is 15.8 Å². The number of carbonyl (C=O) groups is 1. The number of nitrogens with one attached hydrogen (secondary N) is 2. The molecule has 0 unspecified atom stereocenters. The molecule has 5 nitrogen and oxygen atoms in total. The SMILES string of the molecule is C[C@H](Nc1ccc2ccccc2c1)C(=O)N/N=C\c1c(O)ccc2ccccc12. The van der Waals surface area contributed by atoms with E-state index in [9.17, 15) is 9.90 Å². The average molecular weight is 383 g/mol. The summed E-state index contributed by atoms with van der Waals surface area (Å²) in [6, 6.07) is 24.7. The van der Waals surface area contributed by atoms with E-state index >= 15 is 0 Å². The van der Waals surface area contributed by atoms with Gasteiger partial charge in [0.1, 0.15) is 11.8 Å². The number of phenols is 1. The summed E-state index contributed by atoms with van der Waals surface area (Å²) in [6.07, 6.45) is 1.47. The van der Waals surface area contributed by atoms with Crippen LogP contribution in [0.1, 0.15) is 12.5 Å². The maximum absolute atomic E-state index is 12.4. The Morgan fingerprint density at radius 3 is 2.45 bits per heavy atom. The molecule has 29 heavy (non-hydrogen) atoms. The van der Waals surface area contributed by atoms with E-state index < -0.39 is 6.04 Å². The molecule has 0 aliphatic heterocycles. The van der Waals surface area contributed by atoms with Gasteiger partial charge in [0.25, 0.3) is 5.91 Å². The minimum Gasteiger partial charge on any atom is -0.507 e. The fourth-order valence-corrected chi connectivity index (χ4v) is 3.27. The summed E-state index contributed by atoms with van der Waals surface area (Å²) in [5.74, 6) is -0.154. The monoisotopic (exact) mass is 383 g/mol. The number of hydrogen-bond donors (Lipinski definition) is 3. The summed E-state index contributed by atoms with van der Waals surface area (Å²) >= 11 is 0. The van der Waals surface area contributed by atoms with Gasteiger partial charge in [-0.3, -0.25) is 4.79 Å². The molecule has 4 rings (SSSR count). The summed E-state index contributed by atoms with van der Waals surface area (Å²) in [6.45, 7) is 1.77. The van der Waals surface area contributed by atoms with Crippen molar-refractivity contribution in [3.05, 3.63) is 84.4 Å². The molecule has 0 saturated carbocycles. The highest BCUT2D eigenvalue weighted by Crippen LogP contribution is 2.25. The van der Waals surface area contributed by atoms with E-state index in [4.69, 9.17) is 0 Å². The fraction of sp³-hybridized carbons (Fsp3) is 0.0833. The van der Waals surface area contributed by atoms with Crippen LogP contribution in [0.5, 0.6) is 5.75 Å². The van der Waals surface area contributed by atoms with Crippen LogP contribution in [0.15, 0.2) is 84.0 Å². The molecule has 3 N–H and O–H groups in total. The van der Waals surface area contributed by atoms with Gasteiger partial charge in [-0.15, -0.1) is 0 Å². The number of phenolic OH excluding ortho intramolecular Hbond substituents is 1. The van der Waals surface area contributed by atoms with E-state index in [1.165, 1.54) is 6.21 Å². The van der Waals surface area contributed by atoms with Gasteiger partial charge in [-0.2, -0.15) is 5.10 Å². The Morgan fingerprint density at radius 1 is 0.931 bits per heavy atom. The molecule has 0 aliphatic rings. The lowest BCUT2D eigenvalue weighted by Crippen LogP contribution is -2.34. The van der Waals surface area contributed by atoms with Gasteiger partial charge < -0.3 is 10.4 Å². The molecule has 0 aliphatic carbocycles. The van der Waals surface area contributed by atoms with Crippen LogP contribution in [0, 0.1) is 0 Å². The van der Waals surface area contributed by atoms with Gasteiger partial charge in [0.15, 0.2) is 0 Å². The van der Waals surface area contributed by atoms with Gasteiger partial charge in [0, 0.05) is 11.3 Å². The van der Waals surface area contributed by atoms with Crippen LogP contribution in [0.25, 0.3) is 21.5 Å². The van der Waals surface area contributed by atoms with Crippen molar-refractivity contribution in [1.82, 2.24) is 5.43 Å². The third-order valence-electron chi connectivity index (χ3n) is 4.84. The van der Waals surface area contributed by atoms with Gasteiger partial charge in [-0.05, 0) is 46.7 Å². The molecule has 0 fully saturated rings. The molecule has 144 valence electrons. The second kappa shape index (κ2) is 8.02. The van der Waals surface area contributed by atoms with Gasteiger partial charge in [-0.1, -0.05) is 60.7 Å². The molecule has 1 amide bonds. The molecule has 0 saturated heterocycles. The molecule has 1 atom stereocenters. The lowest BCUT2D eigenvalue weighted by atomic mass is 10.0. The number of fused-ring (bicyclic) bond motifs is 2. The van der Waals surface area contributed by atoms with E-state index in [1.807, 2.05) is 72.8 Å². The first-order valence-electron chi connectivity index (χ1n) is 9.41. The van der Waals surface area contributed by atoms with E-state index in [1.54, 1.807) is 13.0 Å². The highest BCUT2D eigenvalue weighted by molar-refractivity contribution is 6.02. The normalized spacial score (nSPS) is 12.3. The zero-order valence-electron chi connectivity index (χ0n) is 16.0. The largest absolute Gasteiger partial charge is 0.507 e. The van der Waals surface area contributed by atoms with Crippen molar-refractivity contribution in [3.63, 3.8) is 0 Å². The minimum absolute atomic E-state index is 0.115. The Kier molecular flexibility index (Phi) is 5.12. The number of hydrogen-bond acceptors (Lipinski definition) is 4. The van der Waals surface area contributed by atoms with Gasteiger partial charge in [-0.25, -0.2) is 5.43 Å². The van der Waals surface area contributed by atoms with Crippen molar-refractivity contribution >= 4 is 39.4 Å². The lowest BCUT2D eigenvalue weighted by molar-refractivity contribution is -0.121. The third-order valence-corrected chi connectivity index (χ3v) is 4.84. The van der Waals surface area contributed by atoms with Crippen molar-refractivity contribution in [3.8, 4) is 5.75 Å². The number of hydrazone groups is 1. The Bertz CT molecular complexity index is 1220. The molecule has 0 spiro atoms. The number of nitrogens with zero attached hydrogens (tertiary/aromatic N) is 1. The van der Waals surface area contributed by atoms with Crippen molar-refractivity contribution in [2.45, 2.75) is 13.0 Å². The van der Waals surface area contributed by atoms with Gasteiger partial charge >= 0.3 is 0 Å². The van der Waals surface area contributed by atoms with Crippen LogP contribution in [-0.2, 0) is 4.79 Å². The minimum atomic E-state index is -0.477. The molecule has 5 heteroatoms. The zero-order chi connectivity index (χ0) is 20.2. The molecule has 4 aromatic carbocycles. The fourth-order valence-electron chi connectivity index (χ4n) is 3.27. The topological polar surface area (TPSA) is 73.7 Å². The van der Waals surface area contributed by atoms with Crippen LogP contribution in [-0.4, -0.2) is 23.3 Å². The van der Waals surface area contributed by atoms with Gasteiger partial charge in [0.2, 0.25) is 0 Å². The highest BCUT2D eigenvalue weighted by Gasteiger charge is 2.12. The number of rotatable bonds is 5. The van der Waals surface area contributed by atoms with Crippen LogP contribution < -0.4 is 10.7 Å². The van der Waals surface area contributed by atoms with E-state index in [-0.39, 0.29) is 11.7 Å². The summed E-state index contributed by atoms with van der Waals surface area (Å²) < 4.78 is 0. The van der Waals surface area contributed by atoms with E-state index in [0.717, 1.165) is 27.2 Å². The lowest BCUT2D eigenvalue weighted by Gasteiger charge is -2.14. The van der Waals surface area contributed by atoms with Crippen LogP contribution in [0.3, 0.4) is 0 Å². The number of carbonyl (C=O) groups excluding carboxylic acids is 1. The molecule has 0 aromatic heterocycles. The highest BCUT2D eigenvalue weighted by atomic mass is 16.3. The summed E-state index contributed by atoms with van der Waals surface area (Å²) in [5.41, 5.74) is 3.97. The molecular formula is C24H21N3O2. The third kappa shape index (κ3) is 4.04. The molecule has 0 radical (unpaired) electrons. The summed E-state index contributed by atoms with van der Waals surface area (Å²) in [4.78, 5) is 12.4. The van der Waals surface area contributed by atoms with Crippen LogP contribution in [0.2, 0.25) is 0 Å². The Morgan fingerprint density at radius 2 is 1.62 bits per heavy atom. The quantitative estimate of drug-likeness (QED) is 0.347. The first-order valence-corrected chi connectivity index (χ1v) is 9.41. The maximum Gasteiger partial charge on any atom is 0.262 e. The Labute approximate surface area is 168 Å². The predicted octanol–water partition coefficient (Wildman–Crippen LogP) is 4.65. The number of anilines is 1. The van der Waals surface area contributed by atoms with Gasteiger partial charge in [0.05, 0.1) is 6.21 Å². The number of amides is 1. The first-order chi connectivity index (χ1) is 14.1. The molecule has 0 bridgehead atoms. The van der Waals surface area contributed by atoms with Crippen molar-refractivity contribution in [1.29, 1.82) is 0 Å². The Hall–Kier alpha value is -3.86. The smallest absolute Gasteiger partial charge is 0.262 e. The average Bonchev–Trinajstić information content (AvgIpc) is 2.75. The van der Waals surface area contributed by atoms with Crippen LogP contribution >= 0.6 is 0 Å².